The molecule has 0 spiro atoms. The molecule has 106 valence electrons. The van der Waals surface area contributed by atoms with Crippen molar-refractivity contribution in [1.82, 2.24) is 0 Å². The summed E-state index contributed by atoms with van der Waals surface area (Å²) in [4.78, 5) is 22.3. The number of hydrogen-bond acceptors (Lipinski definition) is 6. The predicted octanol–water partition coefficient (Wildman–Crippen LogP) is 1.17. The molecule has 0 aliphatic carbocycles. The third-order valence-electron chi connectivity index (χ3n) is 2.96. The highest BCUT2D eigenvalue weighted by Crippen LogP contribution is 2.38. The van der Waals surface area contributed by atoms with E-state index in [1.165, 1.54) is 0 Å². The lowest BCUT2D eigenvalue weighted by atomic mass is 9.89. The van der Waals surface area contributed by atoms with Crippen LogP contribution in [0.2, 0.25) is 0 Å². The van der Waals surface area contributed by atoms with Gasteiger partial charge in [0, 0.05) is 10.5 Å². The Morgan fingerprint density at radius 3 is 2.85 bits per heavy atom. The number of nitrogens with two attached hydrogens (primary N) is 1. The van der Waals surface area contributed by atoms with E-state index < -0.39 is 23.4 Å². The maximum absolute atomic E-state index is 11.9. The monoisotopic (exact) mass is 278 g/mol. The molecular weight excluding hydrogens is 264 g/mol. The standard InChI is InChI=1S/C13H14N2O5/c1-2-19-13(16)11-9(7-15(17)18)8-5-3-4-6-10(8)20-12(11)14/h3-6,9H,2,7,14H2,1H3/t9-/m1/s1. The molecule has 0 aromatic heterocycles. The Labute approximate surface area is 115 Å². The third kappa shape index (κ3) is 2.56. The lowest BCUT2D eigenvalue weighted by molar-refractivity contribution is -0.482. The molecule has 2 N–H and O–H groups in total. The fraction of sp³-hybridized carbons (Fsp3) is 0.308. The summed E-state index contributed by atoms with van der Waals surface area (Å²) >= 11 is 0. The number of hydrogen-bond donors (Lipinski definition) is 1. The number of esters is 1. The van der Waals surface area contributed by atoms with E-state index in [1.54, 1.807) is 31.2 Å². The second-order valence-electron chi connectivity index (χ2n) is 4.21. The molecule has 1 aliphatic heterocycles. The minimum Gasteiger partial charge on any atom is -0.462 e. The second-order valence-corrected chi connectivity index (χ2v) is 4.21. The first-order valence-electron chi connectivity index (χ1n) is 6.10. The van der Waals surface area contributed by atoms with Gasteiger partial charge in [0.05, 0.1) is 12.5 Å². The van der Waals surface area contributed by atoms with Crippen molar-refractivity contribution in [2.45, 2.75) is 12.8 Å². The number of ether oxygens (including phenoxy) is 2. The van der Waals surface area contributed by atoms with Crippen LogP contribution in [0.25, 0.3) is 0 Å². The topological polar surface area (TPSA) is 105 Å². The van der Waals surface area contributed by atoms with Crippen LogP contribution in [-0.2, 0) is 9.53 Å². The molecule has 0 unspecified atom stereocenters. The number of carbonyl (C=O) groups excluding carboxylic acids is 1. The Hall–Kier alpha value is -2.57. The van der Waals surface area contributed by atoms with Gasteiger partial charge in [0.2, 0.25) is 12.4 Å². The van der Waals surface area contributed by atoms with Crippen molar-refractivity contribution >= 4 is 5.97 Å². The van der Waals surface area contributed by atoms with Crippen LogP contribution in [0.4, 0.5) is 0 Å². The molecule has 0 saturated carbocycles. The van der Waals surface area contributed by atoms with Gasteiger partial charge in [0.15, 0.2) is 0 Å². The van der Waals surface area contributed by atoms with E-state index in [9.17, 15) is 14.9 Å². The molecule has 1 heterocycles. The molecule has 7 heteroatoms. The van der Waals surface area contributed by atoms with E-state index in [0.29, 0.717) is 11.3 Å². The lowest BCUT2D eigenvalue weighted by Gasteiger charge is -2.25. The average Bonchev–Trinajstić information content (AvgIpc) is 2.38. The Balaban J connectivity index is 2.47. The Morgan fingerprint density at radius 2 is 2.20 bits per heavy atom. The van der Waals surface area contributed by atoms with E-state index in [2.05, 4.69) is 0 Å². The molecule has 0 bridgehead atoms. The van der Waals surface area contributed by atoms with Crippen LogP contribution >= 0.6 is 0 Å². The highest BCUT2D eigenvalue weighted by Gasteiger charge is 2.37. The van der Waals surface area contributed by atoms with Crippen molar-refractivity contribution < 1.29 is 19.2 Å². The first kappa shape index (κ1) is 13.9. The van der Waals surface area contributed by atoms with E-state index >= 15 is 0 Å². The van der Waals surface area contributed by atoms with Crippen LogP contribution in [0.1, 0.15) is 18.4 Å². The van der Waals surface area contributed by atoms with Crippen LogP contribution in [0.15, 0.2) is 35.7 Å². The molecule has 1 aromatic rings. The molecule has 1 atom stereocenters. The van der Waals surface area contributed by atoms with Gasteiger partial charge in [-0.15, -0.1) is 0 Å². The number of carbonyl (C=O) groups is 1. The van der Waals surface area contributed by atoms with E-state index in [0.717, 1.165) is 0 Å². The number of benzene rings is 1. The van der Waals surface area contributed by atoms with Gasteiger partial charge < -0.3 is 15.2 Å². The molecule has 7 nitrogen and oxygen atoms in total. The second kappa shape index (κ2) is 5.60. The summed E-state index contributed by atoms with van der Waals surface area (Å²) in [5.74, 6) is -1.18. The smallest absolute Gasteiger partial charge is 0.340 e. The molecule has 0 radical (unpaired) electrons. The Kier molecular flexibility index (Phi) is 3.88. The van der Waals surface area contributed by atoms with Crippen LogP contribution < -0.4 is 10.5 Å². The summed E-state index contributed by atoms with van der Waals surface area (Å²) < 4.78 is 10.3. The van der Waals surface area contributed by atoms with Crippen molar-refractivity contribution in [3.63, 3.8) is 0 Å². The highest BCUT2D eigenvalue weighted by atomic mass is 16.6. The largest absolute Gasteiger partial charge is 0.462 e. The minimum atomic E-state index is -0.769. The van der Waals surface area contributed by atoms with Crippen LogP contribution in [0.5, 0.6) is 5.75 Å². The van der Waals surface area contributed by atoms with Gasteiger partial charge in [-0.3, -0.25) is 10.1 Å². The van der Waals surface area contributed by atoms with Crippen molar-refractivity contribution in [3.8, 4) is 5.75 Å². The zero-order chi connectivity index (χ0) is 14.7. The molecule has 1 aliphatic rings. The molecule has 2 rings (SSSR count). The van der Waals surface area contributed by atoms with Crippen LogP contribution in [-0.4, -0.2) is 24.0 Å². The molecular formula is C13H14N2O5. The van der Waals surface area contributed by atoms with E-state index in [1.807, 2.05) is 0 Å². The molecule has 0 amide bonds. The average molecular weight is 278 g/mol. The lowest BCUT2D eigenvalue weighted by Crippen LogP contribution is -2.30. The Morgan fingerprint density at radius 1 is 1.50 bits per heavy atom. The molecule has 1 aromatic carbocycles. The highest BCUT2D eigenvalue weighted by molar-refractivity contribution is 5.91. The number of fused-ring (bicyclic) bond motifs is 1. The summed E-state index contributed by atoms with van der Waals surface area (Å²) in [6.07, 6.45) is 0. The number of nitro groups is 1. The summed E-state index contributed by atoms with van der Waals surface area (Å²) in [5, 5.41) is 10.9. The van der Waals surface area contributed by atoms with E-state index in [-0.39, 0.29) is 18.1 Å². The van der Waals surface area contributed by atoms with Gasteiger partial charge in [0.25, 0.3) is 0 Å². The normalized spacial score (nSPS) is 17.1. The van der Waals surface area contributed by atoms with Gasteiger partial charge in [-0.1, -0.05) is 18.2 Å². The third-order valence-corrected chi connectivity index (χ3v) is 2.96. The zero-order valence-corrected chi connectivity index (χ0v) is 10.9. The summed E-state index contributed by atoms with van der Waals surface area (Å²) in [6.45, 7) is 1.35. The zero-order valence-electron chi connectivity index (χ0n) is 10.9. The molecule has 0 fully saturated rings. The van der Waals surface area contributed by atoms with Crippen molar-refractivity contribution in [2.24, 2.45) is 5.73 Å². The Bertz CT molecular complexity index is 582. The summed E-state index contributed by atoms with van der Waals surface area (Å²) in [6, 6.07) is 6.77. The summed E-state index contributed by atoms with van der Waals surface area (Å²) in [7, 11) is 0. The van der Waals surface area contributed by atoms with Crippen molar-refractivity contribution in [2.75, 3.05) is 13.2 Å². The molecule has 20 heavy (non-hydrogen) atoms. The first-order chi connectivity index (χ1) is 9.54. The fourth-order valence-corrected chi connectivity index (χ4v) is 2.15. The van der Waals surface area contributed by atoms with Gasteiger partial charge in [-0.05, 0) is 13.0 Å². The maximum atomic E-state index is 11.9. The maximum Gasteiger partial charge on any atom is 0.340 e. The van der Waals surface area contributed by atoms with Gasteiger partial charge in [-0.25, -0.2) is 4.79 Å². The van der Waals surface area contributed by atoms with Crippen molar-refractivity contribution in [3.05, 3.63) is 51.4 Å². The van der Waals surface area contributed by atoms with Crippen molar-refractivity contribution in [1.29, 1.82) is 0 Å². The van der Waals surface area contributed by atoms with E-state index in [4.69, 9.17) is 15.2 Å². The van der Waals surface area contributed by atoms with Gasteiger partial charge in [0.1, 0.15) is 11.3 Å². The quantitative estimate of drug-likeness (QED) is 0.503. The number of para-hydroxylation sites is 1. The predicted molar refractivity (Wildman–Crippen MR) is 69.5 cm³/mol. The molecule has 0 saturated heterocycles. The van der Waals surface area contributed by atoms with Gasteiger partial charge >= 0.3 is 5.97 Å². The number of rotatable bonds is 4. The van der Waals surface area contributed by atoms with Gasteiger partial charge in [-0.2, -0.15) is 0 Å². The first-order valence-corrected chi connectivity index (χ1v) is 6.10. The van der Waals surface area contributed by atoms with Crippen LogP contribution in [0.3, 0.4) is 0 Å². The SMILES string of the molecule is CCOC(=O)C1=C(N)Oc2ccccc2[C@H]1C[N+](=O)[O-]. The fourth-order valence-electron chi connectivity index (χ4n) is 2.15. The summed E-state index contributed by atoms with van der Waals surface area (Å²) in [5.41, 5.74) is 6.28. The number of nitrogens with zero attached hydrogens (tertiary/aromatic N) is 1. The minimum absolute atomic E-state index is 0.00208. The van der Waals surface area contributed by atoms with Crippen LogP contribution in [0, 0.1) is 10.1 Å².